The van der Waals surface area contributed by atoms with Crippen molar-refractivity contribution < 1.29 is 4.74 Å². The van der Waals surface area contributed by atoms with Crippen LogP contribution in [0.15, 0.2) is 18.3 Å². The highest BCUT2D eigenvalue weighted by Crippen LogP contribution is 2.20. The fourth-order valence-corrected chi connectivity index (χ4v) is 2.34. The minimum atomic E-state index is -0.0514. The average Bonchev–Trinajstić information content (AvgIpc) is 2.39. The van der Waals surface area contributed by atoms with Gasteiger partial charge in [-0.05, 0) is 32.9 Å². The van der Waals surface area contributed by atoms with E-state index >= 15 is 0 Å². The normalized spacial score (nSPS) is 17.4. The molecule has 5 heteroatoms. The summed E-state index contributed by atoms with van der Waals surface area (Å²) < 4.78 is 5.78. The van der Waals surface area contributed by atoms with Gasteiger partial charge in [-0.25, -0.2) is 4.98 Å². The quantitative estimate of drug-likeness (QED) is 0.906. The zero-order valence-corrected chi connectivity index (χ0v) is 12.8. The molecule has 5 nitrogen and oxygen atoms in total. The first-order chi connectivity index (χ1) is 9.46. The van der Waals surface area contributed by atoms with Crippen molar-refractivity contribution in [2.75, 3.05) is 50.0 Å². The SMILES string of the molecule is CC(C)(C)OCCN1CCN(c2ncccc2N)CC1. The van der Waals surface area contributed by atoms with Gasteiger partial charge >= 0.3 is 0 Å². The van der Waals surface area contributed by atoms with E-state index in [2.05, 4.69) is 35.6 Å². The number of nitrogen functional groups attached to an aromatic ring is 1. The molecule has 0 aliphatic carbocycles. The van der Waals surface area contributed by atoms with Gasteiger partial charge in [0, 0.05) is 38.9 Å². The first kappa shape index (κ1) is 15.1. The van der Waals surface area contributed by atoms with Gasteiger partial charge in [0.25, 0.3) is 0 Å². The molecule has 0 atom stereocenters. The van der Waals surface area contributed by atoms with Crippen molar-refractivity contribution >= 4 is 11.5 Å². The Bertz CT molecular complexity index is 422. The average molecular weight is 278 g/mol. The third kappa shape index (κ3) is 4.35. The zero-order valence-electron chi connectivity index (χ0n) is 12.8. The van der Waals surface area contributed by atoms with E-state index in [9.17, 15) is 0 Å². The minimum Gasteiger partial charge on any atom is -0.396 e. The lowest BCUT2D eigenvalue weighted by atomic mass is 10.2. The van der Waals surface area contributed by atoms with Crippen LogP contribution in [0.5, 0.6) is 0 Å². The van der Waals surface area contributed by atoms with Gasteiger partial charge in [-0.15, -0.1) is 0 Å². The Balaban J connectivity index is 1.77. The first-order valence-electron chi connectivity index (χ1n) is 7.27. The Labute approximate surface area is 121 Å². The first-order valence-corrected chi connectivity index (χ1v) is 7.27. The number of hydrogen-bond donors (Lipinski definition) is 1. The van der Waals surface area contributed by atoms with Crippen LogP contribution in [0.1, 0.15) is 20.8 Å². The third-order valence-corrected chi connectivity index (χ3v) is 3.43. The van der Waals surface area contributed by atoms with Crippen molar-refractivity contribution in [2.45, 2.75) is 26.4 Å². The molecule has 0 bridgehead atoms. The minimum absolute atomic E-state index is 0.0514. The summed E-state index contributed by atoms with van der Waals surface area (Å²) in [6, 6.07) is 3.78. The van der Waals surface area contributed by atoms with Crippen LogP contribution in [0, 0.1) is 0 Å². The molecule has 0 spiro atoms. The molecule has 2 rings (SSSR count). The largest absolute Gasteiger partial charge is 0.396 e. The molecule has 112 valence electrons. The number of nitrogens with zero attached hydrogens (tertiary/aromatic N) is 3. The molecule has 1 saturated heterocycles. The topological polar surface area (TPSA) is 54.6 Å². The lowest BCUT2D eigenvalue weighted by molar-refractivity contribution is -0.0135. The summed E-state index contributed by atoms with van der Waals surface area (Å²) in [5.41, 5.74) is 6.69. The van der Waals surface area contributed by atoms with Gasteiger partial charge < -0.3 is 15.4 Å². The van der Waals surface area contributed by atoms with Gasteiger partial charge in [0.05, 0.1) is 17.9 Å². The monoisotopic (exact) mass is 278 g/mol. The van der Waals surface area contributed by atoms with Crippen LogP contribution in [0.3, 0.4) is 0 Å². The van der Waals surface area contributed by atoms with Crippen LogP contribution in [0.2, 0.25) is 0 Å². The van der Waals surface area contributed by atoms with Gasteiger partial charge in [0.2, 0.25) is 0 Å². The van der Waals surface area contributed by atoms with E-state index < -0.39 is 0 Å². The molecule has 1 aromatic rings. The Hall–Kier alpha value is -1.33. The second kappa shape index (κ2) is 6.41. The summed E-state index contributed by atoms with van der Waals surface area (Å²) in [4.78, 5) is 9.07. The maximum Gasteiger partial charge on any atom is 0.151 e. The van der Waals surface area contributed by atoms with E-state index in [4.69, 9.17) is 10.5 Å². The highest BCUT2D eigenvalue weighted by molar-refractivity contribution is 5.62. The maximum atomic E-state index is 5.98. The molecule has 2 heterocycles. The molecule has 1 fully saturated rings. The van der Waals surface area contributed by atoms with E-state index in [1.54, 1.807) is 6.20 Å². The smallest absolute Gasteiger partial charge is 0.151 e. The van der Waals surface area contributed by atoms with Crippen molar-refractivity contribution in [3.05, 3.63) is 18.3 Å². The Morgan fingerprint density at radius 2 is 1.95 bits per heavy atom. The molecule has 1 aliphatic rings. The van der Waals surface area contributed by atoms with Gasteiger partial charge in [-0.2, -0.15) is 0 Å². The Morgan fingerprint density at radius 3 is 2.55 bits per heavy atom. The molecular formula is C15H26N4O. The molecular weight excluding hydrogens is 252 g/mol. The van der Waals surface area contributed by atoms with Gasteiger partial charge in [-0.3, -0.25) is 4.90 Å². The number of ether oxygens (including phenoxy) is 1. The van der Waals surface area contributed by atoms with E-state index in [1.165, 1.54) is 0 Å². The van der Waals surface area contributed by atoms with Crippen LogP contribution < -0.4 is 10.6 Å². The Kier molecular flexibility index (Phi) is 4.83. The summed E-state index contributed by atoms with van der Waals surface area (Å²) in [6.45, 7) is 12.1. The summed E-state index contributed by atoms with van der Waals surface area (Å²) in [6.07, 6.45) is 1.80. The number of anilines is 2. The molecule has 0 aromatic carbocycles. The molecule has 20 heavy (non-hydrogen) atoms. The fourth-order valence-electron chi connectivity index (χ4n) is 2.34. The van der Waals surface area contributed by atoms with Crippen LogP contribution in [-0.2, 0) is 4.74 Å². The number of aromatic nitrogens is 1. The molecule has 0 unspecified atom stereocenters. The lowest BCUT2D eigenvalue weighted by Crippen LogP contribution is -2.48. The molecule has 0 saturated carbocycles. The van der Waals surface area contributed by atoms with Crippen molar-refractivity contribution in [1.29, 1.82) is 0 Å². The number of hydrogen-bond acceptors (Lipinski definition) is 5. The molecule has 1 aromatic heterocycles. The predicted molar refractivity (Wildman–Crippen MR) is 83.0 cm³/mol. The summed E-state index contributed by atoms with van der Waals surface area (Å²) in [7, 11) is 0. The van der Waals surface area contributed by atoms with E-state index in [0.717, 1.165) is 50.8 Å². The number of piperazine rings is 1. The van der Waals surface area contributed by atoms with Crippen LogP contribution in [0.4, 0.5) is 11.5 Å². The lowest BCUT2D eigenvalue weighted by Gasteiger charge is -2.36. The third-order valence-electron chi connectivity index (χ3n) is 3.43. The number of rotatable bonds is 4. The maximum absolute atomic E-state index is 5.98. The standard InChI is InChI=1S/C15H26N4O/c1-15(2,3)20-12-11-18-7-9-19(10-8-18)14-13(16)5-4-6-17-14/h4-6H,7-12,16H2,1-3H3. The van der Waals surface area contributed by atoms with Gasteiger partial charge in [-0.1, -0.05) is 0 Å². The second-order valence-electron chi connectivity index (χ2n) is 6.21. The summed E-state index contributed by atoms with van der Waals surface area (Å²) in [5, 5.41) is 0. The highest BCUT2D eigenvalue weighted by Gasteiger charge is 2.19. The Morgan fingerprint density at radius 1 is 1.25 bits per heavy atom. The van der Waals surface area contributed by atoms with Gasteiger partial charge in [0.1, 0.15) is 0 Å². The highest BCUT2D eigenvalue weighted by atomic mass is 16.5. The van der Waals surface area contributed by atoms with Crippen molar-refractivity contribution in [2.24, 2.45) is 0 Å². The number of pyridine rings is 1. The molecule has 2 N–H and O–H groups in total. The summed E-state index contributed by atoms with van der Waals surface area (Å²) in [5.74, 6) is 0.915. The molecule has 0 amide bonds. The van der Waals surface area contributed by atoms with E-state index in [1.807, 2.05) is 12.1 Å². The fraction of sp³-hybridized carbons (Fsp3) is 0.667. The molecule has 1 aliphatic heterocycles. The zero-order chi connectivity index (χ0) is 14.6. The van der Waals surface area contributed by atoms with E-state index in [-0.39, 0.29) is 5.60 Å². The second-order valence-corrected chi connectivity index (χ2v) is 6.21. The van der Waals surface area contributed by atoms with Crippen LogP contribution in [-0.4, -0.2) is 54.8 Å². The van der Waals surface area contributed by atoms with Gasteiger partial charge in [0.15, 0.2) is 5.82 Å². The molecule has 0 radical (unpaired) electrons. The predicted octanol–water partition coefficient (Wildman–Crippen LogP) is 1.60. The van der Waals surface area contributed by atoms with Crippen LogP contribution in [0.25, 0.3) is 0 Å². The van der Waals surface area contributed by atoms with Crippen LogP contribution >= 0.6 is 0 Å². The van der Waals surface area contributed by atoms with E-state index in [0.29, 0.717) is 0 Å². The van der Waals surface area contributed by atoms with Crippen molar-refractivity contribution in [3.8, 4) is 0 Å². The summed E-state index contributed by atoms with van der Waals surface area (Å²) >= 11 is 0. The van der Waals surface area contributed by atoms with Crippen molar-refractivity contribution in [1.82, 2.24) is 9.88 Å². The number of nitrogens with two attached hydrogens (primary N) is 1. The van der Waals surface area contributed by atoms with Crippen molar-refractivity contribution in [3.63, 3.8) is 0 Å².